The van der Waals surface area contributed by atoms with Crippen molar-refractivity contribution >= 4 is 5.91 Å². The molecule has 26 heavy (non-hydrogen) atoms. The van der Waals surface area contributed by atoms with Crippen LogP contribution in [0.25, 0.3) is 0 Å². The van der Waals surface area contributed by atoms with Gasteiger partial charge in [0.2, 0.25) is 0 Å². The molecular formula is C20H24FN3O2. The average molecular weight is 357 g/mol. The van der Waals surface area contributed by atoms with Gasteiger partial charge in [0.15, 0.2) is 0 Å². The Balaban J connectivity index is 1.76. The van der Waals surface area contributed by atoms with Crippen LogP contribution in [0.3, 0.4) is 0 Å². The predicted octanol–water partition coefficient (Wildman–Crippen LogP) is 1.96. The van der Waals surface area contributed by atoms with E-state index in [-0.39, 0.29) is 29.4 Å². The molecule has 1 aromatic heterocycles. The molecule has 0 unspecified atom stereocenters. The summed E-state index contributed by atoms with van der Waals surface area (Å²) >= 11 is 0. The number of carbonyl (C=O) groups excluding carboxylic acids is 1. The molecule has 1 saturated heterocycles. The van der Waals surface area contributed by atoms with E-state index >= 15 is 0 Å². The number of amides is 1. The number of likely N-dealkylation sites (tertiary alicyclic amines) is 1. The molecule has 1 aromatic carbocycles. The maximum absolute atomic E-state index is 13.5. The van der Waals surface area contributed by atoms with Gasteiger partial charge in [-0.2, -0.15) is 0 Å². The first-order valence-electron chi connectivity index (χ1n) is 8.86. The van der Waals surface area contributed by atoms with Crippen molar-refractivity contribution < 1.29 is 9.18 Å². The summed E-state index contributed by atoms with van der Waals surface area (Å²) in [5.41, 5.74) is 1.07. The van der Waals surface area contributed by atoms with E-state index in [0.29, 0.717) is 12.0 Å². The normalized spacial score (nSPS) is 20.7. The lowest BCUT2D eigenvalue weighted by molar-refractivity contribution is 0.0851. The molecule has 1 aliphatic heterocycles. The van der Waals surface area contributed by atoms with Gasteiger partial charge in [-0.05, 0) is 56.6 Å². The van der Waals surface area contributed by atoms with Gasteiger partial charge in [-0.15, -0.1) is 0 Å². The van der Waals surface area contributed by atoms with E-state index in [2.05, 4.69) is 10.2 Å². The first-order chi connectivity index (χ1) is 12.4. The third kappa shape index (κ3) is 4.19. The zero-order chi connectivity index (χ0) is 18.7. The standard InChI is InChI=1S/C20H24FN3O2/c1-23-9-4-7-17(18(23)12-14-5-3-6-16(21)11-14)22-20(26)15-8-10-24(2)19(25)13-15/h3,5-6,8,10-11,13,17-18H,4,7,9,12H2,1-2H3,(H,22,26)/t17-,18-/m0/s1. The van der Waals surface area contributed by atoms with Crippen molar-refractivity contribution in [2.45, 2.75) is 31.3 Å². The van der Waals surface area contributed by atoms with Crippen molar-refractivity contribution in [1.29, 1.82) is 0 Å². The van der Waals surface area contributed by atoms with Crippen LogP contribution in [0.5, 0.6) is 0 Å². The van der Waals surface area contributed by atoms with Gasteiger partial charge in [0.05, 0.1) is 0 Å². The van der Waals surface area contributed by atoms with Crippen molar-refractivity contribution in [1.82, 2.24) is 14.8 Å². The molecular weight excluding hydrogens is 333 g/mol. The summed E-state index contributed by atoms with van der Waals surface area (Å²) in [6.45, 7) is 0.943. The van der Waals surface area contributed by atoms with Crippen molar-refractivity contribution in [3.05, 3.63) is 69.9 Å². The zero-order valence-corrected chi connectivity index (χ0v) is 15.1. The zero-order valence-electron chi connectivity index (χ0n) is 15.1. The minimum atomic E-state index is -0.248. The first kappa shape index (κ1) is 18.3. The maximum Gasteiger partial charge on any atom is 0.251 e. The summed E-state index contributed by atoms with van der Waals surface area (Å²) in [7, 11) is 3.68. The number of piperidine rings is 1. The fraction of sp³-hybridized carbons (Fsp3) is 0.400. The Morgan fingerprint density at radius 1 is 1.27 bits per heavy atom. The number of hydrogen-bond donors (Lipinski definition) is 1. The van der Waals surface area contributed by atoms with E-state index in [1.165, 1.54) is 16.7 Å². The molecule has 1 N–H and O–H groups in total. The van der Waals surface area contributed by atoms with Crippen LogP contribution < -0.4 is 10.9 Å². The quantitative estimate of drug-likeness (QED) is 0.910. The second kappa shape index (κ2) is 7.83. The van der Waals surface area contributed by atoms with Gasteiger partial charge in [-0.25, -0.2) is 4.39 Å². The molecule has 5 nitrogen and oxygen atoms in total. The van der Waals surface area contributed by atoms with E-state index in [1.54, 1.807) is 31.4 Å². The summed E-state index contributed by atoms with van der Waals surface area (Å²) in [6, 6.07) is 9.63. The fourth-order valence-electron chi connectivity index (χ4n) is 3.54. The van der Waals surface area contributed by atoms with Gasteiger partial charge < -0.3 is 14.8 Å². The second-order valence-corrected chi connectivity index (χ2v) is 6.97. The number of aromatic nitrogens is 1. The highest BCUT2D eigenvalue weighted by molar-refractivity contribution is 5.94. The predicted molar refractivity (Wildman–Crippen MR) is 98.7 cm³/mol. The minimum Gasteiger partial charge on any atom is -0.348 e. The number of aryl methyl sites for hydroxylation is 1. The number of nitrogens with zero attached hydrogens (tertiary/aromatic N) is 2. The van der Waals surface area contributed by atoms with Gasteiger partial charge in [0, 0.05) is 37.0 Å². The Labute approximate surface area is 152 Å². The Hall–Kier alpha value is -2.47. The highest BCUT2D eigenvalue weighted by atomic mass is 19.1. The molecule has 0 spiro atoms. The number of hydrogen-bond acceptors (Lipinski definition) is 3. The number of halogens is 1. The van der Waals surface area contributed by atoms with Crippen LogP contribution in [0.4, 0.5) is 4.39 Å². The molecule has 2 aromatic rings. The average Bonchev–Trinajstić information content (AvgIpc) is 2.60. The van der Waals surface area contributed by atoms with E-state index in [1.807, 2.05) is 13.1 Å². The summed E-state index contributed by atoms with van der Waals surface area (Å²) in [5.74, 6) is -0.492. The lowest BCUT2D eigenvalue weighted by Gasteiger charge is -2.39. The highest BCUT2D eigenvalue weighted by Gasteiger charge is 2.30. The van der Waals surface area contributed by atoms with Gasteiger partial charge in [-0.1, -0.05) is 12.1 Å². The molecule has 2 atom stereocenters. The number of rotatable bonds is 4. The van der Waals surface area contributed by atoms with Crippen LogP contribution >= 0.6 is 0 Å². The van der Waals surface area contributed by atoms with Crippen LogP contribution in [0.15, 0.2) is 47.4 Å². The van der Waals surface area contributed by atoms with E-state index < -0.39 is 0 Å². The van der Waals surface area contributed by atoms with Crippen LogP contribution in [0, 0.1) is 5.82 Å². The summed E-state index contributed by atoms with van der Waals surface area (Å²) in [4.78, 5) is 26.6. The Kier molecular flexibility index (Phi) is 5.52. The first-order valence-corrected chi connectivity index (χ1v) is 8.86. The second-order valence-electron chi connectivity index (χ2n) is 6.97. The summed E-state index contributed by atoms with van der Waals surface area (Å²) < 4.78 is 14.9. The van der Waals surface area contributed by atoms with Crippen molar-refractivity contribution in [2.24, 2.45) is 7.05 Å². The highest BCUT2D eigenvalue weighted by Crippen LogP contribution is 2.21. The molecule has 3 rings (SSSR count). The fourth-order valence-corrected chi connectivity index (χ4v) is 3.54. The Morgan fingerprint density at radius 2 is 2.08 bits per heavy atom. The van der Waals surface area contributed by atoms with Gasteiger partial charge in [0.1, 0.15) is 5.82 Å². The van der Waals surface area contributed by atoms with Crippen LogP contribution in [-0.4, -0.2) is 41.1 Å². The van der Waals surface area contributed by atoms with Crippen LogP contribution in [0.1, 0.15) is 28.8 Å². The maximum atomic E-state index is 13.5. The Morgan fingerprint density at radius 3 is 2.81 bits per heavy atom. The number of benzene rings is 1. The third-order valence-electron chi connectivity index (χ3n) is 5.07. The molecule has 0 radical (unpaired) electrons. The summed E-state index contributed by atoms with van der Waals surface area (Å²) in [5, 5.41) is 3.07. The lowest BCUT2D eigenvalue weighted by atomic mass is 9.91. The smallest absolute Gasteiger partial charge is 0.251 e. The minimum absolute atomic E-state index is 0.0476. The molecule has 0 saturated carbocycles. The molecule has 0 bridgehead atoms. The Bertz CT molecular complexity index is 849. The lowest BCUT2D eigenvalue weighted by Crippen LogP contribution is -2.55. The number of carbonyl (C=O) groups is 1. The molecule has 6 heteroatoms. The van der Waals surface area contributed by atoms with E-state index in [4.69, 9.17) is 0 Å². The number of likely N-dealkylation sites (N-methyl/N-ethyl adjacent to an activating group) is 1. The van der Waals surface area contributed by atoms with Gasteiger partial charge in [0.25, 0.3) is 11.5 Å². The van der Waals surface area contributed by atoms with Gasteiger partial charge >= 0.3 is 0 Å². The van der Waals surface area contributed by atoms with Gasteiger partial charge in [-0.3, -0.25) is 9.59 Å². The van der Waals surface area contributed by atoms with Crippen LogP contribution in [0.2, 0.25) is 0 Å². The van der Waals surface area contributed by atoms with Crippen LogP contribution in [-0.2, 0) is 13.5 Å². The number of nitrogens with one attached hydrogen (secondary N) is 1. The third-order valence-corrected chi connectivity index (χ3v) is 5.07. The molecule has 0 aliphatic carbocycles. The molecule has 1 aliphatic rings. The largest absolute Gasteiger partial charge is 0.348 e. The molecule has 1 fully saturated rings. The molecule has 1 amide bonds. The van der Waals surface area contributed by atoms with E-state index in [0.717, 1.165) is 24.9 Å². The van der Waals surface area contributed by atoms with Crippen molar-refractivity contribution in [3.8, 4) is 0 Å². The van der Waals surface area contributed by atoms with Crippen molar-refractivity contribution in [3.63, 3.8) is 0 Å². The molecule has 138 valence electrons. The monoisotopic (exact) mass is 357 g/mol. The van der Waals surface area contributed by atoms with E-state index in [9.17, 15) is 14.0 Å². The van der Waals surface area contributed by atoms with Crippen molar-refractivity contribution in [2.75, 3.05) is 13.6 Å². The number of pyridine rings is 1. The SMILES string of the molecule is CN1CCC[C@H](NC(=O)c2ccn(C)c(=O)c2)[C@@H]1Cc1cccc(F)c1. The molecule has 2 heterocycles. The topological polar surface area (TPSA) is 54.3 Å². The summed E-state index contributed by atoms with van der Waals surface area (Å²) in [6.07, 6.45) is 4.10.